The van der Waals surface area contributed by atoms with Crippen molar-refractivity contribution in [2.24, 2.45) is 0 Å². The van der Waals surface area contributed by atoms with Gasteiger partial charge in [-0.3, -0.25) is 4.79 Å². The summed E-state index contributed by atoms with van der Waals surface area (Å²) in [7, 11) is 0. The molecular formula is C33H25ClN2O5. The molecule has 7 nitrogen and oxygen atoms in total. The minimum absolute atomic E-state index is 0.0995. The van der Waals surface area contributed by atoms with Crippen LogP contribution in [0.4, 0.5) is 5.69 Å². The van der Waals surface area contributed by atoms with E-state index in [1.807, 2.05) is 37.3 Å². The van der Waals surface area contributed by atoms with Crippen molar-refractivity contribution >= 4 is 40.1 Å². The van der Waals surface area contributed by atoms with E-state index in [-0.39, 0.29) is 29.2 Å². The zero-order valence-electron chi connectivity index (χ0n) is 22.4. The van der Waals surface area contributed by atoms with Crippen LogP contribution in [0.3, 0.4) is 0 Å². The van der Waals surface area contributed by atoms with Gasteiger partial charge in [0.2, 0.25) is 5.91 Å². The minimum Gasteiger partial charge on any atom is -0.463 e. The average molecular weight is 565 g/mol. The van der Waals surface area contributed by atoms with Gasteiger partial charge in [0.1, 0.15) is 22.6 Å². The van der Waals surface area contributed by atoms with E-state index in [1.165, 1.54) is 0 Å². The first kappa shape index (κ1) is 26.5. The lowest BCUT2D eigenvalue weighted by atomic mass is 9.63. The number of ether oxygens (including phenoxy) is 1. The normalized spacial score (nSPS) is 21.2. The Balaban J connectivity index is 1.82. The van der Waals surface area contributed by atoms with E-state index in [1.54, 1.807) is 60.4 Å². The molecule has 1 aliphatic heterocycles. The number of anilines is 1. The van der Waals surface area contributed by atoms with Crippen molar-refractivity contribution in [2.75, 3.05) is 18.1 Å². The molecule has 3 aromatic carbocycles. The number of carbonyl (C=O) groups excluding carboxylic acids is 2. The number of para-hydroxylation sites is 1. The van der Waals surface area contributed by atoms with E-state index < -0.39 is 28.8 Å². The van der Waals surface area contributed by atoms with Crippen molar-refractivity contribution in [3.05, 3.63) is 122 Å². The second-order valence-electron chi connectivity index (χ2n) is 10.0. The predicted octanol–water partition coefficient (Wildman–Crippen LogP) is 5.99. The highest BCUT2D eigenvalue weighted by Gasteiger charge is 2.65. The highest BCUT2D eigenvalue weighted by molar-refractivity contribution is 6.31. The van der Waals surface area contributed by atoms with Gasteiger partial charge >= 0.3 is 11.6 Å². The molecule has 0 unspecified atom stereocenters. The third kappa shape index (κ3) is 3.75. The van der Waals surface area contributed by atoms with Crippen LogP contribution in [0.25, 0.3) is 11.0 Å². The molecule has 1 aromatic heterocycles. The Labute approximate surface area is 241 Å². The van der Waals surface area contributed by atoms with Gasteiger partial charge in [0.25, 0.3) is 0 Å². The van der Waals surface area contributed by atoms with Gasteiger partial charge < -0.3 is 14.1 Å². The number of fused-ring (bicyclic) bond motifs is 3. The summed E-state index contributed by atoms with van der Waals surface area (Å²) in [4.78, 5) is 43.6. The Kier molecular flexibility index (Phi) is 6.51. The molecule has 41 heavy (non-hydrogen) atoms. The Morgan fingerprint density at radius 1 is 1.07 bits per heavy atom. The lowest BCUT2D eigenvalue weighted by Crippen LogP contribution is -2.47. The number of nitriles is 1. The number of nitrogens with zero attached hydrogens (tertiary/aromatic N) is 2. The van der Waals surface area contributed by atoms with Gasteiger partial charge in [-0.2, -0.15) is 5.26 Å². The lowest BCUT2D eigenvalue weighted by molar-refractivity contribution is -0.140. The number of rotatable bonds is 5. The van der Waals surface area contributed by atoms with Crippen LogP contribution in [0.5, 0.6) is 0 Å². The first-order chi connectivity index (χ1) is 19.9. The number of amides is 1. The highest BCUT2D eigenvalue weighted by Crippen LogP contribution is 2.64. The number of esters is 1. The monoisotopic (exact) mass is 564 g/mol. The van der Waals surface area contributed by atoms with Crippen LogP contribution in [-0.4, -0.2) is 25.0 Å². The molecule has 0 radical (unpaired) electrons. The number of hydrogen-bond donors (Lipinski definition) is 0. The van der Waals surface area contributed by atoms with E-state index in [0.717, 1.165) is 5.56 Å². The second-order valence-corrected chi connectivity index (χ2v) is 10.5. The van der Waals surface area contributed by atoms with Gasteiger partial charge in [-0.05, 0) is 54.8 Å². The van der Waals surface area contributed by atoms with Crippen LogP contribution in [0.15, 0.2) is 93.7 Å². The summed E-state index contributed by atoms with van der Waals surface area (Å²) in [5.41, 5.74) is 0.0827. The molecule has 6 rings (SSSR count). The summed E-state index contributed by atoms with van der Waals surface area (Å²) in [5, 5.41) is 11.2. The van der Waals surface area contributed by atoms with Gasteiger partial charge in [0, 0.05) is 34.5 Å². The zero-order chi connectivity index (χ0) is 28.9. The molecule has 0 bridgehead atoms. The first-order valence-corrected chi connectivity index (χ1v) is 13.8. The van der Waals surface area contributed by atoms with Crippen molar-refractivity contribution in [3.8, 4) is 6.07 Å². The summed E-state index contributed by atoms with van der Waals surface area (Å²) in [5.74, 6) is -2.45. The third-order valence-electron chi connectivity index (χ3n) is 8.13. The first-order valence-electron chi connectivity index (χ1n) is 13.4. The van der Waals surface area contributed by atoms with E-state index in [0.29, 0.717) is 33.8 Å². The molecular weight excluding hydrogens is 540 g/mol. The summed E-state index contributed by atoms with van der Waals surface area (Å²) in [6.45, 7) is 3.99. The van der Waals surface area contributed by atoms with Crippen LogP contribution in [0.1, 0.15) is 47.9 Å². The third-order valence-corrected chi connectivity index (χ3v) is 8.36. The average Bonchev–Trinajstić information content (AvgIpc) is 3.45. The summed E-state index contributed by atoms with van der Waals surface area (Å²) in [6, 6.07) is 23.6. The number of allylic oxidation sites excluding steroid dienone is 1. The summed E-state index contributed by atoms with van der Waals surface area (Å²) in [6.07, 6.45) is 1.77. The van der Waals surface area contributed by atoms with Gasteiger partial charge in [0.15, 0.2) is 0 Å². The van der Waals surface area contributed by atoms with Crippen LogP contribution in [-0.2, 0) is 19.7 Å². The second kappa shape index (κ2) is 10.1. The van der Waals surface area contributed by atoms with E-state index in [4.69, 9.17) is 20.8 Å². The number of carbonyl (C=O) groups is 2. The Hall–Kier alpha value is -4.67. The molecule has 1 spiro atoms. The number of halogens is 1. The van der Waals surface area contributed by atoms with Gasteiger partial charge in [-0.25, -0.2) is 9.59 Å². The van der Waals surface area contributed by atoms with Crippen LogP contribution < -0.4 is 10.5 Å². The molecule has 0 saturated carbocycles. The maximum Gasteiger partial charge on any atom is 0.354 e. The molecule has 0 fully saturated rings. The number of benzene rings is 3. The molecule has 2 heterocycles. The summed E-state index contributed by atoms with van der Waals surface area (Å²) < 4.78 is 11.1. The van der Waals surface area contributed by atoms with Gasteiger partial charge in [-0.1, -0.05) is 66.2 Å². The maximum atomic E-state index is 14.9. The van der Waals surface area contributed by atoms with Gasteiger partial charge in [-0.15, -0.1) is 0 Å². The molecule has 204 valence electrons. The maximum absolute atomic E-state index is 14.9. The quantitative estimate of drug-likeness (QED) is 0.218. The van der Waals surface area contributed by atoms with Crippen LogP contribution in [0.2, 0.25) is 5.02 Å². The fourth-order valence-corrected chi connectivity index (χ4v) is 6.79. The topological polar surface area (TPSA) is 101 Å². The molecule has 1 amide bonds. The van der Waals surface area contributed by atoms with Crippen molar-refractivity contribution in [1.82, 2.24) is 0 Å². The summed E-state index contributed by atoms with van der Waals surface area (Å²) >= 11 is 6.56. The Morgan fingerprint density at radius 2 is 1.80 bits per heavy atom. The Bertz CT molecular complexity index is 1860. The SMILES string of the molecule is CCOC(=O)C1=C[C@H](c2ccccc2)[C@@H](c2c(C#N)c(=O)oc3ccccc23)[C@]12C(=O)N(CC)c1ccc(Cl)cc12. The molecule has 2 aliphatic rings. The lowest BCUT2D eigenvalue weighted by Gasteiger charge is -2.36. The van der Waals surface area contributed by atoms with Crippen molar-refractivity contribution in [2.45, 2.75) is 31.1 Å². The zero-order valence-corrected chi connectivity index (χ0v) is 23.1. The van der Waals surface area contributed by atoms with Gasteiger partial charge in [0.05, 0.1) is 12.2 Å². The molecule has 3 atom stereocenters. The minimum atomic E-state index is -1.63. The van der Waals surface area contributed by atoms with E-state index >= 15 is 0 Å². The number of likely N-dealkylation sites (N-methyl/N-ethyl adjacent to an activating group) is 1. The van der Waals surface area contributed by atoms with Crippen LogP contribution in [0, 0.1) is 11.3 Å². The van der Waals surface area contributed by atoms with Crippen LogP contribution >= 0.6 is 11.6 Å². The molecule has 1 aliphatic carbocycles. The van der Waals surface area contributed by atoms with E-state index in [2.05, 4.69) is 6.07 Å². The fourth-order valence-electron chi connectivity index (χ4n) is 6.62. The fraction of sp³-hybridized carbons (Fsp3) is 0.212. The Morgan fingerprint density at radius 3 is 2.51 bits per heavy atom. The molecule has 0 N–H and O–H groups in total. The van der Waals surface area contributed by atoms with Crippen molar-refractivity contribution < 1.29 is 18.7 Å². The smallest absolute Gasteiger partial charge is 0.354 e. The predicted molar refractivity (Wildman–Crippen MR) is 155 cm³/mol. The molecule has 4 aromatic rings. The van der Waals surface area contributed by atoms with Crippen molar-refractivity contribution in [3.63, 3.8) is 0 Å². The van der Waals surface area contributed by atoms with Crippen molar-refractivity contribution in [1.29, 1.82) is 5.26 Å². The molecule has 8 heteroatoms. The largest absolute Gasteiger partial charge is 0.463 e. The standard InChI is InChI=1S/C33H25ClN2O5/c1-3-36-26-15-14-20(34)16-24(26)33(32(36)39)25(31(38)40-4-2)17-22(19-10-6-5-7-11-19)29(33)28-21-12-8-9-13-27(21)41-30(37)23(28)18-35/h5-17,22,29H,3-4H2,1-2H3/t22-,29+,33-/m1/s1. The molecule has 0 saturated heterocycles. The number of hydrogen-bond acceptors (Lipinski definition) is 6. The highest BCUT2D eigenvalue weighted by atomic mass is 35.5. The van der Waals surface area contributed by atoms with E-state index in [9.17, 15) is 19.6 Å².